The molecule has 0 aliphatic rings. The monoisotopic (exact) mass is 264 g/mol. The van der Waals surface area contributed by atoms with Crippen molar-refractivity contribution in [3.63, 3.8) is 0 Å². The summed E-state index contributed by atoms with van der Waals surface area (Å²) in [6.45, 7) is -1.11. The summed E-state index contributed by atoms with van der Waals surface area (Å²) < 4.78 is 45.1. The number of nitrogens with two attached hydrogens (primary N) is 2. The van der Waals surface area contributed by atoms with Gasteiger partial charge in [0.05, 0.1) is 0 Å². The Balaban J connectivity index is 5.27. The van der Waals surface area contributed by atoms with E-state index in [1.807, 2.05) is 0 Å². The lowest BCUT2D eigenvalue weighted by Crippen LogP contribution is -2.48. The van der Waals surface area contributed by atoms with E-state index in [0.717, 1.165) is 0 Å². The minimum absolute atomic E-state index is 0.281. The fourth-order valence-electron chi connectivity index (χ4n) is 0.903. The maximum atomic E-state index is 10.9. The summed E-state index contributed by atoms with van der Waals surface area (Å²) >= 11 is 0. The second-order valence-electron chi connectivity index (χ2n) is 2.71. The molecule has 0 saturated carbocycles. The number of rotatable bonds is 6. The van der Waals surface area contributed by atoms with Crippen LogP contribution in [0.3, 0.4) is 0 Å². The molecule has 0 aliphatic carbocycles. The highest BCUT2D eigenvalue weighted by molar-refractivity contribution is 7.87. The molecule has 0 aromatic rings. The molecular formula is C4H13N2O7PS. The number of phosphoric ester groups is 1. The van der Waals surface area contributed by atoms with Crippen molar-refractivity contribution in [3.8, 4) is 0 Å². The van der Waals surface area contributed by atoms with Gasteiger partial charge in [-0.15, -0.1) is 0 Å². The van der Waals surface area contributed by atoms with Gasteiger partial charge < -0.3 is 21.3 Å². The van der Waals surface area contributed by atoms with Gasteiger partial charge in [-0.1, -0.05) is 0 Å². The molecule has 15 heavy (non-hydrogen) atoms. The fourth-order valence-corrected chi connectivity index (χ4v) is 2.76. The van der Waals surface area contributed by atoms with Gasteiger partial charge >= 0.3 is 7.82 Å². The molecule has 1 atom stereocenters. The molecule has 0 spiro atoms. The summed E-state index contributed by atoms with van der Waals surface area (Å²) in [5, 5.41) is 0. The van der Waals surface area contributed by atoms with Crippen molar-refractivity contribution in [2.75, 3.05) is 13.1 Å². The van der Waals surface area contributed by atoms with E-state index in [0.29, 0.717) is 0 Å². The van der Waals surface area contributed by atoms with E-state index >= 15 is 0 Å². The molecule has 92 valence electrons. The van der Waals surface area contributed by atoms with Gasteiger partial charge in [0.2, 0.25) is 4.93 Å². The summed E-state index contributed by atoms with van der Waals surface area (Å²) in [4.78, 5) is 14.4. The Bertz CT molecular complexity index is 350. The van der Waals surface area contributed by atoms with Crippen LogP contribution in [0.5, 0.6) is 0 Å². The Morgan fingerprint density at radius 2 is 1.80 bits per heavy atom. The molecule has 0 radical (unpaired) electrons. The number of phosphoric acid groups is 1. The number of hydrogen-bond donors (Lipinski definition) is 5. The van der Waals surface area contributed by atoms with Gasteiger partial charge in [0.25, 0.3) is 10.1 Å². The molecule has 0 bridgehead atoms. The van der Waals surface area contributed by atoms with E-state index in [-0.39, 0.29) is 6.54 Å². The Morgan fingerprint density at radius 1 is 1.33 bits per heavy atom. The average Bonchev–Trinajstić information content (AvgIpc) is 1.98. The third-order valence-electron chi connectivity index (χ3n) is 1.59. The molecule has 0 rings (SSSR count). The second-order valence-corrected chi connectivity index (χ2v) is 5.57. The highest BCUT2D eigenvalue weighted by Crippen LogP contribution is 2.43. The van der Waals surface area contributed by atoms with Crippen LogP contribution in [-0.4, -0.2) is 40.8 Å². The standard InChI is InChI=1S/C4H13N2O7PS/c5-2-1-4(3-6,15(10,11)12)13-14(7,8)9/h1-3,5-6H2,(H2,7,8,9)(H,10,11,12). The van der Waals surface area contributed by atoms with Crippen LogP contribution >= 0.6 is 7.82 Å². The molecule has 0 amide bonds. The topological polar surface area (TPSA) is 173 Å². The van der Waals surface area contributed by atoms with Crippen molar-refractivity contribution >= 4 is 17.9 Å². The molecule has 0 saturated heterocycles. The van der Waals surface area contributed by atoms with Crippen molar-refractivity contribution in [1.29, 1.82) is 0 Å². The van der Waals surface area contributed by atoms with Crippen molar-refractivity contribution < 1.29 is 31.8 Å². The molecule has 1 unspecified atom stereocenters. The summed E-state index contributed by atoms with van der Waals surface area (Å²) in [7, 11) is -10.00. The summed E-state index contributed by atoms with van der Waals surface area (Å²) in [6.07, 6.45) is -0.534. The zero-order valence-electron chi connectivity index (χ0n) is 7.61. The van der Waals surface area contributed by atoms with Crippen molar-refractivity contribution in [1.82, 2.24) is 0 Å². The zero-order valence-corrected chi connectivity index (χ0v) is 9.32. The van der Waals surface area contributed by atoms with Crippen LogP contribution in [0.15, 0.2) is 0 Å². The largest absolute Gasteiger partial charge is 0.471 e. The first-order valence-electron chi connectivity index (χ1n) is 3.71. The third-order valence-corrected chi connectivity index (χ3v) is 3.70. The van der Waals surface area contributed by atoms with Crippen LogP contribution in [-0.2, 0) is 19.2 Å². The van der Waals surface area contributed by atoms with E-state index in [9.17, 15) is 13.0 Å². The van der Waals surface area contributed by atoms with Gasteiger partial charge in [0.1, 0.15) is 0 Å². The average molecular weight is 264 g/mol. The molecule has 0 aliphatic heterocycles. The Kier molecular flexibility index (Phi) is 4.83. The van der Waals surface area contributed by atoms with Crippen LogP contribution in [0, 0.1) is 0 Å². The quantitative estimate of drug-likeness (QED) is 0.268. The predicted molar refractivity (Wildman–Crippen MR) is 50.1 cm³/mol. The molecule has 11 heteroatoms. The first-order valence-corrected chi connectivity index (χ1v) is 6.68. The fraction of sp³-hybridized carbons (Fsp3) is 1.00. The maximum absolute atomic E-state index is 10.9. The van der Waals surface area contributed by atoms with E-state index in [1.54, 1.807) is 0 Å². The summed E-state index contributed by atoms with van der Waals surface area (Å²) in [5.41, 5.74) is 10.1. The predicted octanol–water partition coefficient (Wildman–Crippen LogP) is -2.01. The molecule has 9 nitrogen and oxygen atoms in total. The van der Waals surface area contributed by atoms with Gasteiger partial charge in [0.15, 0.2) is 0 Å². The first-order chi connectivity index (χ1) is 6.58. The highest BCUT2D eigenvalue weighted by Gasteiger charge is 2.47. The van der Waals surface area contributed by atoms with E-state index in [1.165, 1.54) is 0 Å². The second kappa shape index (κ2) is 4.85. The van der Waals surface area contributed by atoms with Crippen molar-refractivity contribution in [3.05, 3.63) is 0 Å². The third kappa shape index (κ3) is 4.13. The molecule has 0 heterocycles. The Labute approximate surface area is 86.4 Å². The lowest BCUT2D eigenvalue weighted by atomic mass is 10.2. The van der Waals surface area contributed by atoms with Gasteiger partial charge in [-0.25, -0.2) is 4.57 Å². The summed E-state index contributed by atoms with van der Waals surface area (Å²) in [5.74, 6) is 0. The minimum atomic E-state index is -5.10. The first kappa shape index (κ1) is 14.9. The smallest absolute Gasteiger partial charge is 0.330 e. The van der Waals surface area contributed by atoms with E-state index in [2.05, 4.69) is 4.52 Å². The van der Waals surface area contributed by atoms with Crippen molar-refractivity contribution in [2.24, 2.45) is 11.5 Å². The van der Waals surface area contributed by atoms with E-state index < -0.39 is 35.8 Å². The lowest BCUT2D eigenvalue weighted by Gasteiger charge is -2.28. The maximum Gasteiger partial charge on any atom is 0.471 e. The number of hydrogen-bond acceptors (Lipinski definition) is 6. The van der Waals surface area contributed by atoms with Gasteiger partial charge in [0, 0.05) is 13.0 Å². The molecule has 7 N–H and O–H groups in total. The highest BCUT2D eigenvalue weighted by atomic mass is 32.2. The van der Waals surface area contributed by atoms with Gasteiger partial charge in [-0.3, -0.25) is 9.08 Å². The Morgan fingerprint density at radius 3 is 2.00 bits per heavy atom. The van der Waals surface area contributed by atoms with Crippen LogP contribution in [0.4, 0.5) is 0 Å². The van der Waals surface area contributed by atoms with Crippen LogP contribution in [0.2, 0.25) is 0 Å². The van der Waals surface area contributed by atoms with Gasteiger partial charge in [-0.2, -0.15) is 8.42 Å². The van der Waals surface area contributed by atoms with E-state index in [4.69, 9.17) is 25.8 Å². The molecular weight excluding hydrogens is 251 g/mol. The molecule has 0 aromatic heterocycles. The van der Waals surface area contributed by atoms with Crippen LogP contribution < -0.4 is 11.5 Å². The molecule has 0 aromatic carbocycles. The Hall–Kier alpha value is -0.0600. The summed E-state index contributed by atoms with van der Waals surface area (Å²) in [6, 6.07) is 0. The van der Waals surface area contributed by atoms with Crippen LogP contribution in [0.1, 0.15) is 6.42 Å². The minimum Gasteiger partial charge on any atom is -0.330 e. The zero-order chi connectivity index (χ0) is 12.3. The lowest BCUT2D eigenvalue weighted by molar-refractivity contribution is 0.0915. The SMILES string of the molecule is NCCC(CN)(OP(=O)(O)O)S(=O)(=O)O. The van der Waals surface area contributed by atoms with Crippen molar-refractivity contribution in [2.45, 2.75) is 11.4 Å². The van der Waals surface area contributed by atoms with Gasteiger partial charge in [-0.05, 0) is 6.54 Å². The normalized spacial score (nSPS) is 17.4. The van der Waals surface area contributed by atoms with Crippen LogP contribution in [0.25, 0.3) is 0 Å². The molecule has 0 fully saturated rings.